The van der Waals surface area contributed by atoms with Gasteiger partial charge in [-0.05, 0) is 31.9 Å². The van der Waals surface area contributed by atoms with E-state index in [0.29, 0.717) is 6.42 Å². The van der Waals surface area contributed by atoms with Crippen LogP contribution in [0.5, 0.6) is 5.75 Å². The van der Waals surface area contributed by atoms with E-state index in [1.807, 2.05) is 17.6 Å². The van der Waals surface area contributed by atoms with E-state index in [0.717, 1.165) is 42.9 Å². The molecule has 0 saturated heterocycles. The first kappa shape index (κ1) is 13.3. The Morgan fingerprint density at radius 1 is 1.32 bits per heavy atom. The van der Waals surface area contributed by atoms with Gasteiger partial charge in [-0.2, -0.15) is 0 Å². The fourth-order valence-corrected chi connectivity index (χ4v) is 2.05. The van der Waals surface area contributed by atoms with Crippen LogP contribution in [0.2, 0.25) is 0 Å². The zero-order valence-electron chi connectivity index (χ0n) is 10.9. The van der Waals surface area contributed by atoms with E-state index in [9.17, 15) is 9.90 Å². The average Bonchev–Trinajstić information content (AvgIpc) is 2.76. The van der Waals surface area contributed by atoms with E-state index < -0.39 is 0 Å². The summed E-state index contributed by atoms with van der Waals surface area (Å²) in [7, 11) is 0. The molecule has 19 heavy (non-hydrogen) atoms. The molecule has 0 aliphatic heterocycles. The highest BCUT2D eigenvalue weighted by atomic mass is 16.3. The number of aryl methyl sites for hydroxylation is 2. The monoisotopic (exact) mass is 259 g/mol. The van der Waals surface area contributed by atoms with Gasteiger partial charge >= 0.3 is 0 Å². The van der Waals surface area contributed by atoms with Gasteiger partial charge < -0.3 is 9.90 Å². The van der Waals surface area contributed by atoms with Gasteiger partial charge in [-0.25, -0.2) is 0 Å². The number of aldehydes is 1. The van der Waals surface area contributed by atoms with Crippen LogP contribution in [0.3, 0.4) is 0 Å². The van der Waals surface area contributed by atoms with E-state index in [4.69, 9.17) is 0 Å². The molecule has 1 aromatic carbocycles. The van der Waals surface area contributed by atoms with Gasteiger partial charge in [0.1, 0.15) is 23.7 Å². The van der Waals surface area contributed by atoms with Crippen LogP contribution in [0.15, 0.2) is 24.3 Å². The average molecular weight is 259 g/mol. The Kier molecular flexibility index (Phi) is 4.28. The lowest BCUT2D eigenvalue weighted by molar-refractivity contribution is -0.107. The lowest BCUT2D eigenvalue weighted by Gasteiger charge is -2.08. The summed E-state index contributed by atoms with van der Waals surface area (Å²) in [4.78, 5) is 10.3. The first-order valence-corrected chi connectivity index (χ1v) is 6.36. The van der Waals surface area contributed by atoms with Crippen LogP contribution in [0.1, 0.15) is 30.9 Å². The molecule has 0 atom stereocenters. The van der Waals surface area contributed by atoms with Gasteiger partial charge in [-0.3, -0.25) is 4.57 Å². The maximum Gasteiger partial charge on any atom is 0.137 e. The van der Waals surface area contributed by atoms with Crippen molar-refractivity contribution in [1.82, 2.24) is 14.8 Å². The molecule has 1 aromatic heterocycles. The summed E-state index contributed by atoms with van der Waals surface area (Å²) in [5, 5.41) is 17.8. The molecule has 0 aliphatic rings. The molecule has 0 radical (unpaired) electrons. The summed E-state index contributed by atoms with van der Waals surface area (Å²) in [5.74, 6) is 1.86. The molecule has 0 bridgehead atoms. The minimum atomic E-state index is 0.220. The third-order valence-electron chi connectivity index (χ3n) is 2.95. The molecule has 0 unspecified atom stereocenters. The minimum absolute atomic E-state index is 0.220. The normalized spacial score (nSPS) is 10.6. The molecule has 1 heterocycles. The zero-order chi connectivity index (χ0) is 13.7. The number of unbranched alkanes of at least 4 members (excludes halogenated alkanes) is 2. The molecule has 0 spiro atoms. The molecule has 0 fully saturated rings. The highest BCUT2D eigenvalue weighted by Crippen LogP contribution is 2.19. The largest absolute Gasteiger partial charge is 0.508 e. The number of aromatic nitrogens is 3. The fourth-order valence-electron chi connectivity index (χ4n) is 2.05. The van der Waals surface area contributed by atoms with E-state index >= 15 is 0 Å². The topological polar surface area (TPSA) is 68.0 Å². The number of hydrogen-bond donors (Lipinski definition) is 1. The van der Waals surface area contributed by atoms with Crippen LogP contribution in [0.4, 0.5) is 0 Å². The van der Waals surface area contributed by atoms with Crippen LogP contribution in [0, 0.1) is 6.92 Å². The second kappa shape index (κ2) is 6.13. The number of rotatable bonds is 6. The van der Waals surface area contributed by atoms with Crippen LogP contribution >= 0.6 is 0 Å². The summed E-state index contributed by atoms with van der Waals surface area (Å²) in [6.07, 6.45) is 4.04. The van der Waals surface area contributed by atoms with Crippen molar-refractivity contribution in [2.24, 2.45) is 0 Å². The fraction of sp³-hybridized carbons (Fsp3) is 0.357. The molecule has 2 aromatic rings. The van der Waals surface area contributed by atoms with Crippen LogP contribution < -0.4 is 0 Å². The molecule has 5 nitrogen and oxygen atoms in total. The number of carbonyl (C=O) groups excluding carboxylic acids is 1. The molecule has 0 amide bonds. The summed E-state index contributed by atoms with van der Waals surface area (Å²) in [6.45, 7) is 1.88. The highest BCUT2D eigenvalue weighted by molar-refractivity contribution is 5.48. The molecule has 5 heteroatoms. The maximum absolute atomic E-state index is 10.3. The predicted octanol–water partition coefficient (Wildman–Crippen LogP) is 2.19. The van der Waals surface area contributed by atoms with Crippen molar-refractivity contribution in [3.63, 3.8) is 0 Å². The number of hydrogen-bond acceptors (Lipinski definition) is 4. The molecule has 2 rings (SSSR count). The predicted molar refractivity (Wildman–Crippen MR) is 71.4 cm³/mol. The van der Waals surface area contributed by atoms with Gasteiger partial charge in [0.2, 0.25) is 0 Å². The van der Waals surface area contributed by atoms with E-state index in [1.165, 1.54) is 0 Å². The van der Waals surface area contributed by atoms with Crippen LogP contribution in [0.25, 0.3) is 5.69 Å². The van der Waals surface area contributed by atoms with Crippen LogP contribution in [-0.4, -0.2) is 26.2 Å². The van der Waals surface area contributed by atoms with Crippen molar-refractivity contribution in [2.45, 2.75) is 32.6 Å². The number of phenolic OH excluding ortho intramolecular Hbond substituents is 1. The van der Waals surface area contributed by atoms with E-state index in [1.54, 1.807) is 18.2 Å². The van der Waals surface area contributed by atoms with Crippen molar-refractivity contribution in [3.8, 4) is 11.4 Å². The van der Waals surface area contributed by atoms with Crippen molar-refractivity contribution < 1.29 is 9.90 Å². The van der Waals surface area contributed by atoms with E-state index in [2.05, 4.69) is 10.2 Å². The van der Waals surface area contributed by atoms with Gasteiger partial charge in [-0.15, -0.1) is 10.2 Å². The molecular weight excluding hydrogens is 242 g/mol. The first-order valence-electron chi connectivity index (χ1n) is 6.36. The lowest BCUT2D eigenvalue weighted by atomic mass is 10.2. The summed E-state index contributed by atoms with van der Waals surface area (Å²) < 4.78 is 1.93. The number of nitrogens with zero attached hydrogens (tertiary/aromatic N) is 3. The Bertz CT molecular complexity index is 564. The van der Waals surface area contributed by atoms with Crippen molar-refractivity contribution in [1.29, 1.82) is 0 Å². The first-order chi connectivity index (χ1) is 9.22. The van der Waals surface area contributed by atoms with Gasteiger partial charge in [-0.1, -0.05) is 6.07 Å². The second-order valence-electron chi connectivity index (χ2n) is 4.43. The molecular formula is C14H17N3O2. The van der Waals surface area contributed by atoms with E-state index in [-0.39, 0.29) is 5.75 Å². The van der Waals surface area contributed by atoms with Gasteiger partial charge in [0.05, 0.1) is 5.69 Å². The Labute approximate surface area is 111 Å². The van der Waals surface area contributed by atoms with Crippen molar-refractivity contribution in [2.75, 3.05) is 0 Å². The quantitative estimate of drug-likeness (QED) is 0.638. The summed E-state index contributed by atoms with van der Waals surface area (Å²) in [6, 6.07) is 7.02. The number of phenols is 1. The van der Waals surface area contributed by atoms with Crippen molar-refractivity contribution in [3.05, 3.63) is 35.9 Å². The summed E-state index contributed by atoms with van der Waals surface area (Å²) >= 11 is 0. The van der Waals surface area contributed by atoms with Gasteiger partial charge in [0, 0.05) is 18.9 Å². The SMILES string of the molecule is Cc1nnc(CCCCC=O)n1-c1cccc(O)c1. The minimum Gasteiger partial charge on any atom is -0.508 e. The Hall–Kier alpha value is -2.17. The molecule has 0 saturated carbocycles. The number of aromatic hydroxyl groups is 1. The lowest BCUT2D eigenvalue weighted by Crippen LogP contribution is -2.03. The smallest absolute Gasteiger partial charge is 0.137 e. The standard InChI is InChI=1S/C14H17N3O2/c1-11-15-16-14(8-3-2-4-9-18)17(11)12-6-5-7-13(19)10-12/h5-7,9-10,19H,2-4,8H2,1H3. The molecule has 100 valence electrons. The van der Waals surface area contributed by atoms with Gasteiger partial charge in [0.25, 0.3) is 0 Å². The van der Waals surface area contributed by atoms with Gasteiger partial charge in [0.15, 0.2) is 0 Å². The zero-order valence-corrected chi connectivity index (χ0v) is 10.9. The van der Waals surface area contributed by atoms with Crippen LogP contribution in [-0.2, 0) is 11.2 Å². The third-order valence-corrected chi connectivity index (χ3v) is 2.95. The Balaban J connectivity index is 2.20. The number of benzene rings is 1. The maximum atomic E-state index is 10.3. The van der Waals surface area contributed by atoms with Crippen molar-refractivity contribution >= 4 is 6.29 Å². The third kappa shape index (κ3) is 3.19. The molecule has 0 aliphatic carbocycles. The second-order valence-corrected chi connectivity index (χ2v) is 4.43. The number of carbonyl (C=O) groups is 1. The molecule has 1 N–H and O–H groups in total. The Morgan fingerprint density at radius 3 is 2.89 bits per heavy atom. The Morgan fingerprint density at radius 2 is 2.16 bits per heavy atom. The highest BCUT2D eigenvalue weighted by Gasteiger charge is 2.10. The summed E-state index contributed by atoms with van der Waals surface area (Å²) in [5.41, 5.74) is 0.855.